The van der Waals surface area contributed by atoms with Crippen LogP contribution >= 0.6 is 24.0 Å². The fourth-order valence-corrected chi connectivity index (χ4v) is 3.19. The fraction of sp³-hybridized carbons (Fsp3) is 0.500. The SMILES string of the molecule is CCNC(=NCCCOC(C)c1ccccc1)NCCCCn1c(C)cccc1=O.I. The molecule has 0 saturated carbocycles. The van der Waals surface area contributed by atoms with Gasteiger partial charge in [0, 0.05) is 44.5 Å². The van der Waals surface area contributed by atoms with E-state index in [-0.39, 0.29) is 35.6 Å². The third-order valence-electron chi connectivity index (χ3n) is 4.92. The third-order valence-corrected chi connectivity index (χ3v) is 4.92. The first kappa shape index (κ1) is 27.2. The average molecular weight is 540 g/mol. The second kappa shape index (κ2) is 15.9. The van der Waals surface area contributed by atoms with E-state index in [1.54, 1.807) is 6.07 Å². The number of guanidine groups is 1. The molecular weight excluding hydrogens is 503 g/mol. The second-order valence-electron chi connectivity index (χ2n) is 7.33. The van der Waals surface area contributed by atoms with Crippen molar-refractivity contribution in [3.63, 3.8) is 0 Å². The van der Waals surface area contributed by atoms with E-state index >= 15 is 0 Å². The molecule has 0 saturated heterocycles. The fourth-order valence-electron chi connectivity index (χ4n) is 3.19. The minimum Gasteiger partial charge on any atom is -0.374 e. The van der Waals surface area contributed by atoms with Crippen molar-refractivity contribution in [1.82, 2.24) is 15.2 Å². The summed E-state index contributed by atoms with van der Waals surface area (Å²) in [6.45, 7) is 9.92. The third kappa shape index (κ3) is 10.3. The van der Waals surface area contributed by atoms with Gasteiger partial charge in [-0.05, 0) is 51.7 Å². The molecule has 0 amide bonds. The molecule has 0 aliphatic carbocycles. The number of unbranched alkanes of at least 4 members (excludes halogenated alkanes) is 1. The molecular formula is C24H37IN4O2. The molecule has 0 radical (unpaired) electrons. The number of benzene rings is 1. The van der Waals surface area contributed by atoms with E-state index in [4.69, 9.17) is 4.74 Å². The van der Waals surface area contributed by atoms with E-state index in [1.807, 2.05) is 41.8 Å². The molecule has 0 spiro atoms. The van der Waals surface area contributed by atoms with Crippen LogP contribution in [0.25, 0.3) is 0 Å². The minimum absolute atomic E-state index is 0. The standard InChI is InChI=1S/C24H36N4O2.HI/c1-4-25-24(26-16-8-9-18-28-20(2)12-10-15-23(28)29)27-17-11-19-30-21(3)22-13-6-5-7-14-22;/h5-7,10,12-15,21H,4,8-9,11,16-19H2,1-3H3,(H2,25,26,27);1H. The average Bonchev–Trinajstić information content (AvgIpc) is 2.75. The molecule has 1 atom stereocenters. The van der Waals surface area contributed by atoms with Gasteiger partial charge in [0.2, 0.25) is 0 Å². The molecule has 0 bridgehead atoms. The topological polar surface area (TPSA) is 67.7 Å². The quantitative estimate of drug-likeness (QED) is 0.183. The number of hydrogen-bond donors (Lipinski definition) is 2. The van der Waals surface area contributed by atoms with Crippen molar-refractivity contribution in [3.05, 3.63) is 70.1 Å². The van der Waals surface area contributed by atoms with Crippen molar-refractivity contribution in [1.29, 1.82) is 0 Å². The van der Waals surface area contributed by atoms with Crippen LogP contribution in [0.15, 0.2) is 58.3 Å². The maximum absolute atomic E-state index is 11.9. The van der Waals surface area contributed by atoms with Crippen LogP contribution in [0, 0.1) is 6.92 Å². The minimum atomic E-state index is 0. The Kier molecular flexibility index (Phi) is 13.9. The lowest BCUT2D eigenvalue weighted by molar-refractivity contribution is 0.0652. The smallest absolute Gasteiger partial charge is 0.250 e. The van der Waals surface area contributed by atoms with Crippen molar-refractivity contribution in [2.45, 2.75) is 52.7 Å². The van der Waals surface area contributed by atoms with Gasteiger partial charge in [-0.1, -0.05) is 36.4 Å². The number of nitrogens with one attached hydrogen (secondary N) is 2. The lowest BCUT2D eigenvalue weighted by atomic mass is 10.1. The number of aliphatic imine (C=N–C) groups is 1. The van der Waals surface area contributed by atoms with E-state index in [0.717, 1.165) is 57.1 Å². The van der Waals surface area contributed by atoms with Crippen LogP contribution in [0.3, 0.4) is 0 Å². The molecule has 1 aromatic heterocycles. The Morgan fingerprint density at radius 1 is 1.06 bits per heavy atom. The normalized spacial score (nSPS) is 12.2. The largest absolute Gasteiger partial charge is 0.374 e. The van der Waals surface area contributed by atoms with Crippen molar-refractivity contribution < 1.29 is 4.74 Å². The summed E-state index contributed by atoms with van der Waals surface area (Å²) in [5.74, 6) is 0.835. The van der Waals surface area contributed by atoms with Crippen molar-refractivity contribution in [2.75, 3.05) is 26.2 Å². The zero-order valence-electron chi connectivity index (χ0n) is 19.0. The zero-order valence-corrected chi connectivity index (χ0v) is 21.3. The number of ether oxygens (including phenoxy) is 1. The number of aryl methyl sites for hydroxylation is 1. The lowest BCUT2D eigenvalue weighted by Gasteiger charge is -2.14. The van der Waals surface area contributed by atoms with Crippen molar-refractivity contribution >= 4 is 29.9 Å². The van der Waals surface area contributed by atoms with Gasteiger partial charge in [-0.15, -0.1) is 24.0 Å². The highest BCUT2D eigenvalue weighted by atomic mass is 127. The highest BCUT2D eigenvalue weighted by Crippen LogP contribution is 2.15. The Labute approximate surface area is 203 Å². The molecule has 1 unspecified atom stereocenters. The number of nitrogens with zero attached hydrogens (tertiary/aromatic N) is 2. The number of aromatic nitrogens is 1. The monoisotopic (exact) mass is 540 g/mol. The van der Waals surface area contributed by atoms with E-state index in [0.29, 0.717) is 6.61 Å². The molecule has 172 valence electrons. The number of halogens is 1. The maximum Gasteiger partial charge on any atom is 0.250 e. The summed E-state index contributed by atoms with van der Waals surface area (Å²) in [7, 11) is 0. The molecule has 31 heavy (non-hydrogen) atoms. The Morgan fingerprint density at radius 3 is 2.55 bits per heavy atom. The number of rotatable bonds is 12. The summed E-state index contributed by atoms with van der Waals surface area (Å²) in [5, 5.41) is 6.65. The van der Waals surface area contributed by atoms with Gasteiger partial charge in [-0.2, -0.15) is 0 Å². The molecule has 2 aromatic rings. The van der Waals surface area contributed by atoms with Gasteiger partial charge >= 0.3 is 0 Å². The molecule has 6 nitrogen and oxygen atoms in total. The first-order chi connectivity index (χ1) is 14.6. The Balaban J connectivity index is 0.00000480. The van der Waals surface area contributed by atoms with Crippen LogP contribution in [0.5, 0.6) is 0 Å². The van der Waals surface area contributed by atoms with E-state index in [9.17, 15) is 4.79 Å². The summed E-state index contributed by atoms with van der Waals surface area (Å²) < 4.78 is 7.74. The van der Waals surface area contributed by atoms with E-state index in [1.165, 1.54) is 5.56 Å². The Hall–Kier alpha value is -1.87. The van der Waals surface area contributed by atoms with Crippen LogP contribution < -0.4 is 16.2 Å². The van der Waals surface area contributed by atoms with Gasteiger partial charge in [-0.25, -0.2) is 0 Å². The highest BCUT2D eigenvalue weighted by Gasteiger charge is 2.04. The molecule has 1 aromatic carbocycles. The van der Waals surface area contributed by atoms with Gasteiger partial charge in [0.05, 0.1) is 6.10 Å². The predicted octanol–water partition coefficient (Wildman–Crippen LogP) is 4.28. The number of hydrogen-bond acceptors (Lipinski definition) is 3. The molecule has 0 aliphatic heterocycles. The van der Waals surface area contributed by atoms with Crippen LogP contribution in [0.1, 0.15) is 50.5 Å². The summed E-state index contributed by atoms with van der Waals surface area (Å²) in [5.41, 5.74) is 2.28. The first-order valence-electron chi connectivity index (χ1n) is 11.0. The summed E-state index contributed by atoms with van der Waals surface area (Å²) in [6.07, 6.45) is 2.90. The van der Waals surface area contributed by atoms with Crippen LogP contribution in [0.2, 0.25) is 0 Å². The van der Waals surface area contributed by atoms with Crippen molar-refractivity contribution in [2.24, 2.45) is 4.99 Å². The van der Waals surface area contributed by atoms with Crippen LogP contribution in [-0.2, 0) is 11.3 Å². The lowest BCUT2D eigenvalue weighted by Crippen LogP contribution is -2.38. The van der Waals surface area contributed by atoms with Gasteiger partial charge in [-0.3, -0.25) is 9.79 Å². The Morgan fingerprint density at radius 2 is 1.84 bits per heavy atom. The van der Waals surface area contributed by atoms with Crippen LogP contribution in [0.4, 0.5) is 0 Å². The van der Waals surface area contributed by atoms with Gasteiger partial charge < -0.3 is 19.9 Å². The molecule has 2 N–H and O–H groups in total. The molecule has 0 aliphatic rings. The van der Waals surface area contributed by atoms with E-state index < -0.39 is 0 Å². The van der Waals surface area contributed by atoms with Crippen molar-refractivity contribution in [3.8, 4) is 0 Å². The number of pyridine rings is 1. The van der Waals surface area contributed by atoms with E-state index in [2.05, 4.69) is 41.6 Å². The second-order valence-corrected chi connectivity index (χ2v) is 7.33. The molecule has 0 fully saturated rings. The molecule has 1 heterocycles. The van der Waals surface area contributed by atoms with Gasteiger partial charge in [0.15, 0.2) is 5.96 Å². The zero-order chi connectivity index (χ0) is 21.6. The van der Waals surface area contributed by atoms with Gasteiger partial charge in [0.1, 0.15) is 0 Å². The maximum atomic E-state index is 11.9. The highest BCUT2D eigenvalue weighted by molar-refractivity contribution is 14.0. The summed E-state index contributed by atoms with van der Waals surface area (Å²) >= 11 is 0. The Bertz CT molecular complexity index is 824. The summed E-state index contributed by atoms with van der Waals surface area (Å²) in [4.78, 5) is 16.5. The predicted molar refractivity (Wildman–Crippen MR) is 139 cm³/mol. The molecule has 7 heteroatoms. The van der Waals surface area contributed by atoms with Crippen LogP contribution in [-0.4, -0.2) is 36.8 Å². The molecule has 2 rings (SSSR count). The summed E-state index contributed by atoms with van der Waals surface area (Å²) in [6, 6.07) is 15.7. The van der Waals surface area contributed by atoms with Gasteiger partial charge in [0.25, 0.3) is 5.56 Å². The first-order valence-corrected chi connectivity index (χ1v) is 11.0.